The van der Waals surface area contributed by atoms with Crippen LogP contribution in [-0.2, 0) is 14.4 Å². The molecule has 2 fully saturated rings. The molecule has 6 nitrogen and oxygen atoms in total. The summed E-state index contributed by atoms with van der Waals surface area (Å²) < 4.78 is 38.7. The van der Waals surface area contributed by atoms with Gasteiger partial charge in [0.2, 0.25) is 11.8 Å². The first-order valence-corrected chi connectivity index (χ1v) is 12.3. The standard InChI is InChI=1S/C25H26F3N3O3S/c26-25(27,28)23(34)29-21(19-4-2-1-3-5-19)22(33)31-14-11-24(17-31)9-12-30(13-10-24)20(32)7-6-18-8-15-35-16-18/h1-8,15-16,21H,9-14,17H2,(H,29,34). The van der Waals surface area contributed by atoms with Crippen LogP contribution in [0.5, 0.6) is 0 Å². The highest BCUT2D eigenvalue weighted by atomic mass is 32.1. The van der Waals surface area contributed by atoms with Crippen LogP contribution in [0.15, 0.2) is 53.2 Å². The van der Waals surface area contributed by atoms with Crippen molar-refractivity contribution in [2.24, 2.45) is 5.41 Å². The number of alkyl halides is 3. The van der Waals surface area contributed by atoms with E-state index in [0.29, 0.717) is 51.0 Å². The molecule has 1 unspecified atom stereocenters. The number of hydrogen-bond acceptors (Lipinski definition) is 4. The summed E-state index contributed by atoms with van der Waals surface area (Å²) in [6.45, 7) is 1.91. The summed E-state index contributed by atoms with van der Waals surface area (Å²) >= 11 is 1.56. The number of amides is 3. The normalized spacial score (nSPS) is 18.7. The van der Waals surface area contributed by atoms with Crippen LogP contribution in [0, 0.1) is 5.41 Å². The molecule has 1 aromatic heterocycles. The van der Waals surface area contributed by atoms with E-state index in [4.69, 9.17) is 0 Å². The van der Waals surface area contributed by atoms with Crippen molar-refractivity contribution in [3.63, 3.8) is 0 Å². The first kappa shape index (κ1) is 25.0. The molecule has 0 radical (unpaired) electrons. The maximum absolute atomic E-state index is 13.3. The molecule has 0 saturated carbocycles. The highest BCUT2D eigenvalue weighted by Crippen LogP contribution is 2.41. The maximum atomic E-state index is 13.3. The van der Waals surface area contributed by atoms with Crippen molar-refractivity contribution in [3.05, 3.63) is 64.4 Å². The average Bonchev–Trinajstić information content (AvgIpc) is 3.51. The van der Waals surface area contributed by atoms with E-state index >= 15 is 0 Å². The van der Waals surface area contributed by atoms with Crippen LogP contribution >= 0.6 is 11.3 Å². The topological polar surface area (TPSA) is 69.7 Å². The summed E-state index contributed by atoms with van der Waals surface area (Å²) in [5, 5.41) is 5.77. The van der Waals surface area contributed by atoms with Crippen molar-refractivity contribution in [1.82, 2.24) is 15.1 Å². The molecule has 0 bridgehead atoms. The molecule has 1 atom stereocenters. The van der Waals surface area contributed by atoms with E-state index in [9.17, 15) is 27.6 Å². The molecule has 4 rings (SSSR count). The summed E-state index contributed by atoms with van der Waals surface area (Å²) in [5.74, 6) is -2.75. The van der Waals surface area contributed by atoms with Gasteiger partial charge in [0.25, 0.3) is 0 Å². The fourth-order valence-corrected chi connectivity index (χ4v) is 5.33. The third-order valence-electron chi connectivity index (χ3n) is 6.76. The number of carbonyl (C=O) groups is 3. The lowest BCUT2D eigenvalue weighted by Crippen LogP contribution is -2.48. The Morgan fingerprint density at radius 1 is 1.00 bits per heavy atom. The van der Waals surface area contributed by atoms with Gasteiger partial charge in [0.15, 0.2) is 0 Å². The number of piperidine rings is 1. The predicted octanol–water partition coefficient (Wildman–Crippen LogP) is 4.02. The van der Waals surface area contributed by atoms with Gasteiger partial charge in [-0.2, -0.15) is 24.5 Å². The fraction of sp³-hybridized carbons (Fsp3) is 0.400. The number of hydrogen-bond donors (Lipinski definition) is 1. The predicted molar refractivity (Wildman–Crippen MR) is 126 cm³/mol. The molecule has 2 aliphatic heterocycles. The summed E-state index contributed by atoms with van der Waals surface area (Å²) in [6, 6.07) is 8.48. The number of likely N-dealkylation sites (tertiary alicyclic amines) is 2. The Bertz CT molecular complexity index is 1080. The van der Waals surface area contributed by atoms with Gasteiger partial charge in [-0.15, -0.1) is 0 Å². The van der Waals surface area contributed by atoms with Crippen molar-refractivity contribution in [2.75, 3.05) is 26.2 Å². The van der Waals surface area contributed by atoms with Gasteiger partial charge in [0.05, 0.1) is 0 Å². The van der Waals surface area contributed by atoms with Gasteiger partial charge < -0.3 is 15.1 Å². The third kappa shape index (κ3) is 5.93. The SMILES string of the molecule is O=C(C=Cc1ccsc1)N1CCC2(CC1)CCN(C(=O)C(NC(=O)C(F)(F)F)c1ccccc1)C2. The van der Waals surface area contributed by atoms with E-state index in [2.05, 4.69) is 0 Å². The number of rotatable bonds is 5. The smallest absolute Gasteiger partial charge is 0.340 e. The van der Waals surface area contributed by atoms with Crippen LogP contribution in [0.4, 0.5) is 13.2 Å². The van der Waals surface area contributed by atoms with E-state index in [1.165, 1.54) is 12.1 Å². The lowest BCUT2D eigenvalue weighted by molar-refractivity contribution is -0.175. The Hall–Kier alpha value is -3.14. The lowest BCUT2D eigenvalue weighted by Gasteiger charge is -2.39. The Kier molecular flexibility index (Phi) is 7.30. The largest absolute Gasteiger partial charge is 0.471 e. The first-order chi connectivity index (χ1) is 16.7. The molecule has 0 aliphatic carbocycles. The van der Waals surface area contributed by atoms with Crippen LogP contribution < -0.4 is 5.32 Å². The molecular formula is C25H26F3N3O3S. The number of halogens is 3. The van der Waals surface area contributed by atoms with Crippen LogP contribution in [0.25, 0.3) is 6.08 Å². The highest BCUT2D eigenvalue weighted by molar-refractivity contribution is 7.08. The van der Waals surface area contributed by atoms with Gasteiger partial charge in [0.1, 0.15) is 6.04 Å². The van der Waals surface area contributed by atoms with Crippen molar-refractivity contribution < 1.29 is 27.6 Å². The van der Waals surface area contributed by atoms with Crippen LogP contribution in [0.3, 0.4) is 0 Å². The highest BCUT2D eigenvalue weighted by Gasteiger charge is 2.46. The second-order valence-corrected chi connectivity index (χ2v) is 9.82. The lowest BCUT2D eigenvalue weighted by atomic mass is 9.77. The second kappa shape index (κ2) is 10.2. The zero-order valence-electron chi connectivity index (χ0n) is 19.0. The second-order valence-electron chi connectivity index (χ2n) is 9.04. The monoisotopic (exact) mass is 505 g/mol. The molecule has 35 heavy (non-hydrogen) atoms. The zero-order chi connectivity index (χ0) is 25.1. The Morgan fingerprint density at radius 2 is 1.66 bits per heavy atom. The average molecular weight is 506 g/mol. The molecule has 10 heteroatoms. The van der Waals surface area contributed by atoms with E-state index in [1.54, 1.807) is 51.5 Å². The number of nitrogens with one attached hydrogen (secondary N) is 1. The van der Waals surface area contributed by atoms with Crippen molar-refractivity contribution in [2.45, 2.75) is 31.5 Å². The molecule has 1 aromatic carbocycles. The quantitative estimate of drug-likeness (QED) is 0.624. The Morgan fingerprint density at radius 3 is 2.26 bits per heavy atom. The fourth-order valence-electron chi connectivity index (χ4n) is 4.70. The third-order valence-corrected chi connectivity index (χ3v) is 7.46. The van der Waals surface area contributed by atoms with Gasteiger partial charge in [-0.05, 0) is 58.7 Å². The molecule has 2 aromatic rings. The number of nitrogens with zero attached hydrogens (tertiary/aromatic N) is 2. The minimum absolute atomic E-state index is 0.0593. The number of carbonyl (C=O) groups excluding carboxylic acids is 3. The van der Waals surface area contributed by atoms with Gasteiger partial charge in [-0.3, -0.25) is 14.4 Å². The van der Waals surface area contributed by atoms with Crippen LogP contribution in [0.1, 0.15) is 36.4 Å². The van der Waals surface area contributed by atoms with Crippen molar-refractivity contribution >= 4 is 35.1 Å². The minimum atomic E-state index is -5.09. The molecular weight excluding hydrogens is 479 g/mol. The molecule has 1 N–H and O–H groups in total. The van der Waals surface area contributed by atoms with Gasteiger partial charge >= 0.3 is 12.1 Å². The van der Waals surface area contributed by atoms with Crippen LogP contribution in [-0.4, -0.2) is 59.9 Å². The van der Waals surface area contributed by atoms with Gasteiger partial charge in [-0.25, -0.2) is 0 Å². The molecule has 2 aliphatic rings. The molecule has 3 heterocycles. The van der Waals surface area contributed by atoms with Gasteiger partial charge in [0, 0.05) is 32.3 Å². The van der Waals surface area contributed by atoms with E-state index in [-0.39, 0.29) is 11.3 Å². The summed E-state index contributed by atoms with van der Waals surface area (Å²) in [7, 11) is 0. The molecule has 2 saturated heterocycles. The molecule has 3 amide bonds. The zero-order valence-corrected chi connectivity index (χ0v) is 19.8. The van der Waals surface area contributed by atoms with E-state index in [1.807, 2.05) is 22.1 Å². The minimum Gasteiger partial charge on any atom is -0.340 e. The summed E-state index contributed by atoms with van der Waals surface area (Å²) in [4.78, 5) is 40.8. The van der Waals surface area contributed by atoms with Crippen molar-refractivity contribution in [1.29, 1.82) is 0 Å². The first-order valence-electron chi connectivity index (χ1n) is 11.4. The van der Waals surface area contributed by atoms with E-state index < -0.39 is 24.0 Å². The number of benzene rings is 1. The van der Waals surface area contributed by atoms with Gasteiger partial charge in [-0.1, -0.05) is 30.3 Å². The van der Waals surface area contributed by atoms with Crippen molar-refractivity contribution in [3.8, 4) is 0 Å². The molecule has 186 valence electrons. The Balaban J connectivity index is 1.39. The number of thiophene rings is 1. The summed E-state index contributed by atoms with van der Waals surface area (Å²) in [5.41, 5.74) is 1.10. The Labute approximate surface area is 205 Å². The molecule has 1 spiro atoms. The summed E-state index contributed by atoms with van der Waals surface area (Å²) in [6.07, 6.45) is 0.396. The van der Waals surface area contributed by atoms with E-state index in [0.717, 1.165) is 5.56 Å². The van der Waals surface area contributed by atoms with Crippen LogP contribution in [0.2, 0.25) is 0 Å². The maximum Gasteiger partial charge on any atom is 0.471 e.